The fraction of sp³-hybridized carbons (Fsp3) is 0.467. The van der Waals surface area contributed by atoms with Gasteiger partial charge in [0.2, 0.25) is 5.91 Å². The second kappa shape index (κ2) is 5.99. The molecule has 0 spiro atoms. The summed E-state index contributed by atoms with van der Waals surface area (Å²) in [4.78, 5) is 18.5. The molecule has 3 rings (SSSR count). The Morgan fingerprint density at radius 3 is 3.19 bits per heavy atom. The molecule has 1 N–H and O–H groups in total. The molecule has 0 saturated carbocycles. The third-order valence-corrected chi connectivity index (χ3v) is 4.78. The average Bonchev–Trinajstić information content (AvgIpc) is 3.19. The van der Waals surface area contributed by atoms with Crippen LogP contribution in [0.4, 0.5) is 0 Å². The number of hydrogen-bond donors (Lipinski definition) is 1. The van der Waals surface area contributed by atoms with Crippen molar-refractivity contribution in [2.24, 2.45) is 5.92 Å². The smallest absolute Gasteiger partial charge is 0.228 e. The number of aromatic nitrogens is 1. The molecule has 2 unspecified atom stereocenters. The number of likely N-dealkylation sites (tertiary alicyclic amines) is 1. The van der Waals surface area contributed by atoms with Gasteiger partial charge >= 0.3 is 0 Å². The van der Waals surface area contributed by atoms with E-state index in [9.17, 15) is 9.90 Å². The van der Waals surface area contributed by atoms with Crippen molar-refractivity contribution in [1.82, 2.24) is 9.88 Å². The summed E-state index contributed by atoms with van der Waals surface area (Å²) in [6, 6.07) is 3.68. The SMILES string of the molecule is CC(O)C1CCN(C(=O)Cc2csc(-c3ccco3)n2)C1. The van der Waals surface area contributed by atoms with E-state index < -0.39 is 0 Å². The highest BCUT2D eigenvalue weighted by Gasteiger charge is 2.29. The maximum atomic E-state index is 12.3. The number of aliphatic hydroxyl groups excluding tert-OH is 1. The van der Waals surface area contributed by atoms with Gasteiger partial charge in [-0.05, 0) is 25.5 Å². The third-order valence-electron chi connectivity index (χ3n) is 3.88. The molecule has 0 radical (unpaired) electrons. The molecule has 3 heterocycles. The first kappa shape index (κ1) is 14.3. The van der Waals surface area contributed by atoms with Crippen molar-refractivity contribution in [2.75, 3.05) is 13.1 Å². The Labute approximate surface area is 127 Å². The average molecular weight is 306 g/mol. The monoisotopic (exact) mass is 306 g/mol. The Balaban J connectivity index is 1.61. The second-order valence-corrected chi connectivity index (χ2v) is 6.29. The van der Waals surface area contributed by atoms with Crippen LogP contribution in [-0.4, -0.2) is 40.1 Å². The molecule has 2 aromatic heterocycles. The highest BCUT2D eigenvalue weighted by Crippen LogP contribution is 2.25. The van der Waals surface area contributed by atoms with Gasteiger partial charge in [-0.25, -0.2) is 4.98 Å². The Morgan fingerprint density at radius 1 is 1.67 bits per heavy atom. The molecule has 1 aliphatic heterocycles. The van der Waals surface area contributed by atoms with E-state index in [-0.39, 0.29) is 17.9 Å². The number of thiazole rings is 1. The molecular weight excluding hydrogens is 288 g/mol. The van der Waals surface area contributed by atoms with Gasteiger partial charge in [0, 0.05) is 24.4 Å². The highest BCUT2D eigenvalue weighted by molar-refractivity contribution is 7.13. The first-order valence-electron chi connectivity index (χ1n) is 7.07. The molecule has 2 atom stereocenters. The minimum absolute atomic E-state index is 0.0782. The zero-order valence-corrected chi connectivity index (χ0v) is 12.7. The van der Waals surface area contributed by atoms with Crippen LogP contribution in [0, 0.1) is 5.92 Å². The maximum Gasteiger partial charge on any atom is 0.228 e. The van der Waals surface area contributed by atoms with Crippen molar-refractivity contribution in [3.63, 3.8) is 0 Å². The zero-order chi connectivity index (χ0) is 14.8. The van der Waals surface area contributed by atoms with Gasteiger partial charge in [-0.1, -0.05) is 0 Å². The van der Waals surface area contributed by atoms with E-state index in [1.807, 2.05) is 22.4 Å². The molecule has 0 aliphatic carbocycles. The molecule has 0 bridgehead atoms. The minimum Gasteiger partial charge on any atom is -0.462 e. The van der Waals surface area contributed by atoms with Crippen molar-refractivity contribution in [1.29, 1.82) is 0 Å². The molecule has 2 aromatic rings. The minimum atomic E-state index is -0.354. The third kappa shape index (κ3) is 3.16. The van der Waals surface area contributed by atoms with E-state index in [0.29, 0.717) is 13.0 Å². The highest BCUT2D eigenvalue weighted by atomic mass is 32.1. The number of rotatable bonds is 4. The number of furan rings is 1. The van der Waals surface area contributed by atoms with Crippen molar-refractivity contribution in [3.05, 3.63) is 29.5 Å². The number of amides is 1. The van der Waals surface area contributed by atoms with Gasteiger partial charge in [0.05, 0.1) is 24.5 Å². The largest absolute Gasteiger partial charge is 0.462 e. The number of aliphatic hydroxyl groups is 1. The molecule has 1 saturated heterocycles. The lowest BCUT2D eigenvalue weighted by Crippen LogP contribution is -2.31. The Morgan fingerprint density at radius 2 is 2.52 bits per heavy atom. The first-order chi connectivity index (χ1) is 10.1. The Kier molecular flexibility index (Phi) is 4.07. The fourth-order valence-electron chi connectivity index (χ4n) is 2.58. The van der Waals surface area contributed by atoms with Crippen LogP contribution in [0.2, 0.25) is 0 Å². The number of carbonyl (C=O) groups excluding carboxylic acids is 1. The molecule has 1 amide bonds. The van der Waals surface area contributed by atoms with E-state index in [2.05, 4.69) is 4.98 Å². The summed E-state index contributed by atoms with van der Waals surface area (Å²) in [7, 11) is 0. The number of hydrogen-bond acceptors (Lipinski definition) is 5. The van der Waals surface area contributed by atoms with Gasteiger partial charge in [-0.15, -0.1) is 11.3 Å². The van der Waals surface area contributed by atoms with Gasteiger partial charge < -0.3 is 14.4 Å². The second-order valence-electron chi connectivity index (χ2n) is 5.43. The van der Waals surface area contributed by atoms with Gasteiger partial charge in [-0.3, -0.25) is 4.79 Å². The van der Waals surface area contributed by atoms with Crippen LogP contribution in [0.5, 0.6) is 0 Å². The van der Waals surface area contributed by atoms with E-state index in [1.165, 1.54) is 11.3 Å². The lowest BCUT2D eigenvalue weighted by molar-refractivity contribution is -0.129. The maximum absolute atomic E-state index is 12.3. The number of nitrogens with zero attached hydrogens (tertiary/aromatic N) is 2. The zero-order valence-electron chi connectivity index (χ0n) is 11.9. The lowest BCUT2D eigenvalue weighted by Gasteiger charge is -2.17. The summed E-state index contributed by atoms with van der Waals surface area (Å²) < 4.78 is 5.30. The fourth-order valence-corrected chi connectivity index (χ4v) is 3.36. The van der Waals surface area contributed by atoms with Gasteiger partial charge in [0.15, 0.2) is 10.8 Å². The molecular formula is C15H18N2O3S. The summed E-state index contributed by atoms with van der Waals surface area (Å²) in [5.74, 6) is 1.01. The standard InChI is InChI=1S/C15H18N2O3S/c1-10(18)11-4-5-17(8-11)14(19)7-12-9-21-15(16-12)13-3-2-6-20-13/h2-3,6,9-11,18H,4-5,7-8H2,1H3. The predicted molar refractivity (Wildman–Crippen MR) is 79.9 cm³/mol. The molecule has 21 heavy (non-hydrogen) atoms. The van der Waals surface area contributed by atoms with Crippen molar-refractivity contribution in [2.45, 2.75) is 25.9 Å². The van der Waals surface area contributed by atoms with E-state index in [1.54, 1.807) is 13.2 Å². The van der Waals surface area contributed by atoms with Gasteiger partial charge in [0.25, 0.3) is 0 Å². The van der Waals surface area contributed by atoms with Crippen LogP contribution in [0.15, 0.2) is 28.2 Å². The summed E-state index contributed by atoms with van der Waals surface area (Å²) in [6.07, 6.45) is 2.44. The van der Waals surface area contributed by atoms with E-state index in [0.717, 1.165) is 29.4 Å². The summed E-state index contributed by atoms with van der Waals surface area (Å²) in [6.45, 7) is 3.16. The molecule has 1 aliphatic rings. The molecule has 112 valence electrons. The molecule has 6 heteroatoms. The van der Waals surface area contributed by atoms with Crippen molar-refractivity contribution in [3.8, 4) is 10.8 Å². The predicted octanol–water partition coefficient (Wildman–Crippen LogP) is 2.17. The number of carbonyl (C=O) groups is 1. The van der Waals surface area contributed by atoms with Crippen LogP contribution < -0.4 is 0 Å². The van der Waals surface area contributed by atoms with Crippen LogP contribution in [0.1, 0.15) is 19.0 Å². The van der Waals surface area contributed by atoms with Crippen molar-refractivity contribution < 1.29 is 14.3 Å². The topological polar surface area (TPSA) is 66.6 Å². The van der Waals surface area contributed by atoms with Crippen molar-refractivity contribution >= 4 is 17.2 Å². The molecule has 1 fully saturated rings. The van der Waals surface area contributed by atoms with Crippen LogP contribution >= 0.6 is 11.3 Å². The molecule has 5 nitrogen and oxygen atoms in total. The summed E-state index contributed by atoms with van der Waals surface area (Å²) >= 11 is 1.48. The normalized spacial score (nSPS) is 19.9. The molecule has 0 aromatic carbocycles. The Hall–Kier alpha value is -1.66. The van der Waals surface area contributed by atoms with Gasteiger partial charge in [-0.2, -0.15) is 0 Å². The summed E-state index contributed by atoms with van der Waals surface area (Å²) in [5.41, 5.74) is 0.775. The van der Waals surface area contributed by atoms with E-state index in [4.69, 9.17) is 4.42 Å². The van der Waals surface area contributed by atoms with Crippen LogP contribution in [-0.2, 0) is 11.2 Å². The van der Waals surface area contributed by atoms with Crippen LogP contribution in [0.3, 0.4) is 0 Å². The lowest BCUT2D eigenvalue weighted by atomic mass is 10.0. The summed E-state index contributed by atoms with van der Waals surface area (Å²) in [5, 5.41) is 12.3. The van der Waals surface area contributed by atoms with Crippen LogP contribution in [0.25, 0.3) is 10.8 Å². The Bertz CT molecular complexity index is 606. The van der Waals surface area contributed by atoms with E-state index >= 15 is 0 Å². The quantitative estimate of drug-likeness (QED) is 0.940. The first-order valence-corrected chi connectivity index (χ1v) is 7.95. The van der Waals surface area contributed by atoms with Gasteiger partial charge in [0.1, 0.15) is 0 Å².